The summed E-state index contributed by atoms with van der Waals surface area (Å²) >= 11 is 0. The summed E-state index contributed by atoms with van der Waals surface area (Å²) in [7, 11) is 1.60. The van der Waals surface area contributed by atoms with Crippen LogP contribution in [0, 0.1) is 0 Å². The second kappa shape index (κ2) is 9.28. The lowest BCUT2D eigenvalue weighted by Gasteiger charge is -2.40. The third-order valence-corrected chi connectivity index (χ3v) is 6.06. The Labute approximate surface area is 192 Å². The predicted octanol–water partition coefficient (Wildman–Crippen LogP) is 2.02. The van der Waals surface area contributed by atoms with E-state index in [4.69, 9.17) is 0 Å². The molecule has 1 aromatic heterocycles. The summed E-state index contributed by atoms with van der Waals surface area (Å²) in [6.45, 7) is 2.68. The smallest absolute Gasteiger partial charge is 0.272 e. The van der Waals surface area contributed by atoms with Gasteiger partial charge in [-0.2, -0.15) is 5.10 Å². The number of hydrogen-bond acceptors (Lipinski definition) is 4. The first-order chi connectivity index (χ1) is 15.9. The molecule has 1 aliphatic rings. The number of fused-ring (bicyclic) bond motifs is 1. The highest BCUT2D eigenvalue weighted by Gasteiger charge is 2.46. The minimum absolute atomic E-state index is 0.155. The van der Waals surface area contributed by atoms with Crippen molar-refractivity contribution in [3.63, 3.8) is 0 Å². The lowest BCUT2D eigenvalue weighted by molar-refractivity contribution is -0.132. The number of benzene rings is 2. The molecule has 4 rings (SSSR count). The molecule has 0 saturated carbocycles. The van der Waals surface area contributed by atoms with Gasteiger partial charge in [0.2, 0.25) is 5.91 Å². The van der Waals surface area contributed by atoms with Crippen molar-refractivity contribution in [1.29, 1.82) is 0 Å². The fourth-order valence-corrected chi connectivity index (χ4v) is 3.86. The molecule has 33 heavy (non-hydrogen) atoms. The van der Waals surface area contributed by atoms with Crippen LogP contribution in [0.3, 0.4) is 0 Å². The van der Waals surface area contributed by atoms with Gasteiger partial charge in [0, 0.05) is 26.2 Å². The van der Waals surface area contributed by atoms with Gasteiger partial charge in [-0.1, -0.05) is 60.7 Å². The molecule has 2 N–H and O–H groups in total. The SMILES string of the molecule is CN1C(=O)c2cc(C(=O)NCCc3ccccc3)nn2CC1(C)C(=O)NCc1ccccc1. The van der Waals surface area contributed by atoms with Crippen molar-refractivity contribution in [3.05, 3.63) is 89.2 Å². The Bertz CT molecular complexity index is 1160. The van der Waals surface area contributed by atoms with E-state index in [-0.39, 0.29) is 30.0 Å². The van der Waals surface area contributed by atoms with Crippen LogP contribution in [-0.2, 0) is 24.3 Å². The van der Waals surface area contributed by atoms with E-state index in [0.717, 1.165) is 11.1 Å². The van der Waals surface area contributed by atoms with Crippen molar-refractivity contribution in [2.75, 3.05) is 13.6 Å². The predicted molar refractivity (Wildman–Crippen MR) is 123 cm³/mol. The average Bonchev–Trinajstić information content (AvgIpc) is 3.26. The van der Waals surface area contributed by atoms with Gasteiger partial charge in [0.25, 0.3) is 11.8 Å². The van der Waals surface area contributed by atoms with Crippen molar-refractivity contribution in [3.8, 4) is 0 Å². The molecule has 0 saturated heterocycles. The zero-order valence-electron chi connectivity index (χ0n) is 18.7. The number of nitrogens with zero attached hydrogens (tertiary/aromatic N) is 3. The Morgan fingerprint density at radius 3 is 2.30 bits per heavy atom. The van der Waals surface area contributed by atoms with E-state index >= 15 is 0 Å². The standard InChI is InChI=1S/C25H27N5O3/c1-25(24(33)27-16-19-11-7-4-8-12-19)17-30-21(23(32)29(25)2)15-20(28-30)22(31)26-14-13-18-9-5-3-6-10-18/h3-12,15H,13-14,16-17H2,1-2H3,(H,26,31)(H,27,33). The molecular weight excluding hydrogens is 418 g/mol. The summed E-state index contributed by atoms with van der Waals surface area (Å²) in [5.41, 5.74) is 1.41. The van der Waals surface area contributed by atoms with Crippen LogP contribution in [0.4, 0.5) is 0 Å². The second-order valence-corrected chi connectivity index (χ2v) is 8.37. The molecule has 0 aliphatic carbocycles. The Balaban J connectivity index is 1.43. The van der Waals surface area contributed by atoms with E-state index in [1.807, 2.05) is 60.7 Å². The topological polar surface area (TPSA) is 96.3 Å². The molecule has 8 nitrogen and oxygen atoms in total. The normalized spacial score (nSPS) is 17.4. The van der Waals surface area contributed by atoms with Crippen LogP contribution in [0.2, 0.25) is 0 Å². The number of carbonyl (C=O) groups is 3. The van der Waals surface area contributed by atoms with Crippen molar-refractivity contribution >= 4 is 17.7 Å². The van der Waals surface area contributed by atoms with E-state index < -0.39 is 5.54 Å². The maximum Gasteiger partial charge on any atom is 0.272 e. The molecule has 0 radical (unpaired) electrons. The molecule has 170 valence electrons. The lowest BCUT2D eigenvalue weighted by Crippen LogP contribution is -2.62. The van der Waals surface area contributed by atoms with Crippen molar-refractivity contribution in [1.82, 2.24) is 25.3 Å². The summed E-state index contributed by atoms with van der Waals surface area (Å²) in [6, 6.07) is 20.9. The number of likely N-dealkylation sites (N-methyl/N-ethyl adjacent to an activating group) is 1. The number of rotatable bonds is 7. The molecule has 3 amide bonds. The maximum absolute atomic E-state index is 13.1. The first kappa shape index (κ1) is 22.3. The molecule has 1 aliphatic heterocycles. The van der Waals surface area contributed by atoms with Gasteiger partial charge >= 0.3 is 0 Å². The monoisotopic (exact) mass is 445 g/mol. The van der Waals surface area contributed by atoms with Crippen LogP contribution >= 0.6 is 0 Å². The fraction of sp³-hybridized carbons (Fsp3) is 0.280. The minimum atomic E-state index is -1.13. The van der Waals surface area contributed by atoms with E-state index in [1.165, 1.54) is 15.6 Å². The zero-order chi connectivity index (χ0) is 23.4. The first-order valence-electron chi connectivity index (χ1n) is 10.9. The third-order valence-electron chi connectivity index (χ3n) is 6.06. The van der Waals surface area contributed by atoms with Crippen molar-refractivity contribution in [2.45, 2.75) is 32.0 Å². The Hall–Kier alpha value is -3.94. The summed E-state index contributed by atoms with van der Waals surface area (Å²) in [5.74, 6) is -0.981. The number of hydrogen-bond donors (Lipinski definition) is 2. The first-order valence-corrected chi connectivity index (χ1v) is 10.9. The van der Waals surface area contributed by atoms with Crippen molar-refractivity contribution < 1.29 is 14.4 Å². The summed E-state index contributed by atoms with van der Waals surface area (Å²) < 4.78 is 1.45. The van der Waals surface area contributed by atoms with Crippen LogP contribution < -0.4 is 10.6 Å². The van der Waals surface area contributed by atoms with E-state index in [2.05, 4.69) is 15.7 Å². The molecule has 3 aromatic rings. The summed E-state index contributed by atoms with van der Waals surface area (Å²) in [5, 5.41) is 10.1. The molecule has 1 unspecified atom stereocenters. The Kier molecular flexibility index (Phi) is 6.26. The van der Waals surface area contributed by atoms with Gasteiger partial charge in [0.1, 0.15) is 11.2 Å². The highest BCUT2D eigenvalue weighted by Crippen LogP contribution is 2.26. The number of amides is 3. The van der Waals surface area contributed by atoms with E-state index in [0.29, 0.717) is 25.2 Å². The van der Waals surface area contributed by atoms with Crippen molar-refractivity contribution in [2.24, 2.45) is 0 Å². The number of carbonyl (C=O) groups excluding carboxylic acids is 3. The third kappa shape index (κ3) is 4.64. The fourth-order valence-electron chi connectivity index (χ4n) is 3.86. The molecule has 0 bridgehead atoms. The molecule has 0 spiro atoms. The highest BCUT2D eigenvalue weighted by molar-refractivity contribution is 6.01. The van der Waals surface area contributed by atoms with Crippen LogP contribution in [0.1, 0.15) is 39.0 Å². The highest BCUT2D eigenvalue weighted by atomic mass is 16.2. The van der Waals surface area contributed by atoms with E-state index in [9.17, 15) is 14.4 Å². The van der Waals surface area contributed by atoms with Crippen LogP contribution in [-0.4, -0.2) is 51.5 Å². The van der Waals surface area contributed by atoms with Gasteiger partial charge in [-0.25, -0.2) is 0 Å². The molecule has 0 fully saturated rings. The maximum atomic E-state index is 13.1. The van der Waals surface area contributed by atoms with Gasteiger partial charge in [-0.15, -0.1) is 0 Å². The number of nitrogens with one attached hydrogen (secondary N) is 2. The Morgan fingerprint density at radius 2 is 1.64 bits per heavy atom. The van der Waals surface area contributed by atoms with Crippen LogP contribution in [0.25, 0.3) is 0 Å². The zero-order valence-corrected chi connectivity index (χ0v) is 18.7. The van der Waals surface area contributed by atoms with Gasteiger partial charge in [-0.05, 0) is 24.5 Å². The number of aromatic nitrogens is 2. The lowest BCUT2D eigenvalue weighted by atomic mass is 9.96. The summed E-state index contributed by atoms with van der Waals surface area (Å²) in [4.78, 5) is 40.1. The molecule has 2 heterocycles. The average molecular weight is 446 g/mol. The van der Waals surface area contributed by atoms with Gasteiger partial charge in [0.15, 0.2) is 5.69 Å². The molecule has 2 aromatic carbocycles. The van der Waals surface area contributed by atoms with Crippen LogP contribution in [0.15, 0.2) is 66.7 Å². The van der Waals surface area contributed by atoms with E-state index in [1.54, 1.807) is 14.0 Å². The van der Waals surface area contributed by atoms with Gasteiger partial charge in [0.05, 0.1) is 6.54 Å². The second-order valence-electron chi connectivity index (χ2n) is 8.37. The summed E-state index contributed by atoms with van der Waals surface area (Å²) in [6.07, 6.45) is 0.696. The van der Waals surface area contributed by atoms with Crippen LogP contribution in [0.5, 0.6) is 0 Å². The minimum Gasteiger partial charge on any atom is -0.350 e. The van der Waals surface area contributed by atoms with Gasteiger partial charge in [-0.3, -0.25) is 19.1 Å². The quantitative estimate of drug-likeness (QED) is 0.582. The molecule has 1 atom stereocenters. The van der Waals surface area contributed by atoms with Gasteiger partial charge < -0.3 is 15.5 Å². The molecule has 8 heteroatoms. The molecular formula is C25H27N5O3. The Morgan fingerprint density at radius 1 is 1.00 bits per heavy atom. The largest absolute Gasteiger partial charge is 0.350 e.